The summed E-state index contributed by atoms with van der Waals surface area (Å²) in [6.45, 7) is 22.3. The largest absolute Gasteiger partial charge is 0.309 e. The SMILES string of the molecule is C=C/C=C(\C=C/C)N1C(C=C)=C(C=C)Sc2ccccc21.C=C1/C=C\C(C)N=C(c2cccc(-n3c4ccc(C)cc4c4c5ccccc5ccc43)c2)N=C1C1=CCCC=C1. The average molecular weight is 811 g/mol. The Morgan fingerprint density at radius 2 is 1.66 bits per heavy atom. The molecule has 0 saturated carbocycles. The van der Waals surface area contributed by atoms with Gasteiger partial charge >= 0.3 is 0 Å². The van der Waals surface area contributed by atoms with E-state index in [0.717, 1.165) is 68.8 Å². The Labute approximate surface area is 364 Å². The van der Waals surface area contributed by atoms with E-state index in [4.69, 9.17) is 9.98 Å². The van der Waals surface area contributed by atoms with E-state index < -0.39 is 0 Å². The minimum atomic E-state index is -0.000776. The topological polar surface area (TPSA) is 32.9 Å². The van der Waals surface area contributed by atoms with E-state index in [-0.39, 0.29) is 6.04 Å². The van der Waals surface area contributed by atoms with E-state index in [1.807, 2.05) is 43.4 Å². The molecule has 0 N–H and O–H groups in total. The van der Waals surface area contributed by atoms with Gasteiger partial charge in [0.05, 0.1) is 34.2 Å². The smallest absolute Gasteiger partial charge is 0.155 e. The van der Waals surface area contributed by atoms with E-state index in [1.165, 1.54) is 43.0 Å². The molecule has 5 aromatic carbocycles. The van der Waals surface area contributed by atoms with Gasteiger partial charge < -0.3 is 9.47 Å². The number of allylic oxidation sites excluding steroid dienone is 12. The fraction of sp³-hybridized carbons (Fsp3) is 0.107. The molecule has 0 saturated heterocycles. The maximum atomic E-state index is 5.15. The highest BCUT2D eigenvalue weighted by atomic mass is 32.2. The molecule has 0 amide bonds. The van der Waals surface area contributed by atoms with Crippen LogP contribution < -0.4 is 4.90 Å². The number of benzene rings is 5. The molecule has 6 aromatic rings. The lowest BCUT2D eigenvalue weighted by Gasteiger charge is -2.33. The number of para-hydroxylation sites is 1. The van der Waals surface area contributed by atoms with Crippen molar-refractivity contribution in [3.8, 4) is 5.69 Å². The van der Waals surface area contributed by atoms with Gasteiger partial charge in [-0.25, -0.2) is 4.99 Å². The molecular weight excluding hydrogens is 761 g/mol. The van der Waals surface area contributed by atoms with Gasteiger partial charge in [-0.2, -0.15) is 0 Å². The number of rotatable bonds is 8. The summed E-state index contributed by atoms with van der Waals surface area (Å²) in [4.78, 5) is 14.7. The van der Waals surface area contributed by atoms with Crippen LogP contribution in [-0.2, 0) is 0 Å². The summed E-state index contributed by atoms with van der Waals surface area (Å²) in [6.07, 6.45) is 24.5. The highest BCUT2D eigenvalue weighted by Crippen LogP contribution is 2.46. The van der Waals surface area contributed by atoms with Gasteiger partial charge in [-0.3, -0.25) is 4.99 Å². The molecule has 5 heteroatoms. The molecule has 1 aliphatic carbocycles. The number of hydrogen-bond acceptors (Lipinski definition) is 4. The van der Waals surface area contributed by atoms with Crippen LogP contribution in [0.2, 0.25) is 0 Å². The van der Waals surface area contributed by atoms with Gasteiger partial charge in [0.2, 0.25) is 0 Å². The van der Waals surface area contributed by atoms with Crippen molar-refractivity contribution in [3.05, 3.63) is 235 Å². The zero-order chi connectivity index (χ0) is 42.5. The van der Waals surface area contributed by atoms with Crippen molar-refractivity contribution in [2.75, 3.05) is 4.90 Å². The van der Waals surface area contributed by atoms with E-state index in [0.29, 0.717) is 0 Å². The normalized spacial score (nSPS) is 17.3. The van der Waals surface area contributed by atoms with Crippen molar-refractivity contribution in [3.63, 3.8) is 0 Å². The predicted molar refractivity (Wildman–Crippen MR) is 266 cm³/mol. The summed E-state index contributed by atoms with van der Waals surface area (Å²) >= 11 is 1.72. The van der Waals surface area contributed by atoms with Crippen LogP contribution in [0.15, 0.2) is 239 Å². The number of aliphatic imine (C=N–C) groups is 2. The van der Waals surface area contributed by atoms with Crippen LogP contribution in [0.25, 0.3) is 38.3 Å². The Hall–Kier alpha value is -6.95. The molecule has 1 unspecified atom stereocenters. The zero-order valence-corrected chi connectivity index (χ0v) is 36.0. The highest BCUT2D eigenvalue weighted by molar-refractivity contribution is 8.03. The third-order valence-corrected chi connectivity index (χ3v) is 12.1. The summed E-state index contributed by atoms with van der Waals surface area (Å²) in [5.41, 5.74) is 11.9. The number of hydrogen-bond donors (Lipinski definition) is 0. The monoisotopic (exact) mass is 810 g/mol. The first-order valence-electron chi connectivity index (χ1n) is 20.8. The Morgan fingerprint density at radius 1 is 0.836 bits per heavy atom. The maximum absolute atomic E-state index is 5.15. The summed E-state index contributed by atoms with van der Waals surface area (Å²) in [5, 5.41) is 5.09. The number of anilines is 1. The lowest BCUT2D eigenvalue weighted by molar-refractivity contribution is 0.921. The number of aryl methyl sites for hydroxylation is 1. The van der Waals surface area contributed by atoms with E-state index in [9.17, 15) is 0 Å². The summed E-state index contributed by atoms with van der Waals surface area (Å²) in [6, 6.07) is 36.9. The second-order valence-electron chi connectivity index (χ2n) is 15.2. The minimum absolute atomic E-state index is 0.000776. The molecule has 0 spiro atoms. The lowest BCUT2D eigenvalue weighted by Crippen LogP contribution is -2.23. The van der Waals surface area contributed by atoms with Crippen molar-refractivity contribution in [2.45, 2.75) is 44.6 Å². The first kappa shape index (κ1) is 40.8. The molecule has 1 aromatic heterocycles. The number of fused-ring (bicyclic) bond motifs is 6. The molecular formula is C56H50N4S. The number of aromatic nitrogens is 1. The Balaban J connectivity index is 0.000000207. The maximum Gasteiger partial charge on any atom is 0.155 e. The van der Waals surface area contributed by atoms with Gasteiger partial charge in [0.15, 0.2) is 5.84 Å². The van der Waals surface area contributed by atoms with Crippen LogP contribution in [0, 0.1) is 6.92 Å². The molecule has 0 bridgehead atoms. The molecule has 0 fully saturated rings. The van der Waals surface area contributed by atoms with Gasteiger partial charge in [-0.05, 0) is 116 Å². The van der Waals surface area contributed by atoms with Crippen LogP contribution in [-0.4, -0.2) is 22.2 Å². The summed E-state index contributed by atoms with van der Waals surface area (Å²) < 4.78 is 2.38. The molecule has 9 rings (SSSR count). The predicted octanol–water partition coefficient (Wildman–Crippen LogP) is 15.1. The van der Waals surface area contributed by atoms with Gasteiger partial charge in [0, 0.05) is 37.5 Å². The van der Waals surface area contributed by atoms with Crippen molar-refractivity contribution < 1.29 is 0 Å². The van der Waals surface area contributed by atoms with Crippen LogP contribution in [0.3, 0.4) is 0 Å². The third kappa shape index (κ3) is 8.17. The lowest BCUT2D eigenvalue weighted by atomic mass is 9.97. The molecule has 1 atom stereocenters. The first-order chi connectivity index (χ1) is 29.8. The molecule has 3 heterocycles. The second kappa shape index (κ2) is 18.1. The van der Waals surface area contributed by atoms with Gasteiger partial charge in [-0.15, -0.1) is 0 Å². The summed E-state index contributed by atoms with van der Waals surface area (Å²) in [7, 11) is 0. The molecule has 0 radical (unpaired) electrons. The van der Waals surface area contributed by atoms with E-state index >= 15 is 0 Å². The molecule has 2 aliphatic heterocycles. The van der Waals surface area contributed by atoms with Crippen LogP contribution in [0.5, 0.6) is 0 Å². The zero-order valence-electron chi connectivity index (χ0n) is 35.2. The standard InChI is InChI=1S/C37H31N3.C19H19NS/c1-24-16-20-33-32(22-24)35-31-15-8-7-10-27(31)19-21-34(35)40(33)30-14-9-13-29(23-30)37-38-26(3)18-17-25(2)36(39-37)28-11-5-4-6-12-28;1-5-11-15(12-6-2)20-16(7-3)18(8-4)21-19-14-10-9-13-17(19)20/h5,7-23,26H,2,4,6H2,1,3H3;5-14H,1,3-4H2,2H3/b18-17-,38-37?,39-36?;12-6-,15-11+. The molecule has 3 aliphatic rings. The van der Waals surface area contributed by atoms with Gasteiger partial charge in [-0.1, -0.05) is 153 Å². The molecule has 4 nitrogen and oxygen atoms in total. The average Bonchev–Trinajstić information content (AvgIpc) is 3.62. The summed E-state index contributed by atoms with van der Waals surface area (Å²) in [5.74, 6) is 0.733. The Morgan fingerprint density at radius 3 is 2.44 bits per heavy atom. The second-order valence-corrected chi connectivity index (χ2v) is 16.2. The third-order valence-electron chi connectivity index (χ3n) is 10.9. The molecule has 300 valence electrons. The quantitative estimate of drug-likeness (QED) is 0.143. The number of thioether (sulfide) groups is 1. The van der Waals surface area contributed by atoms with Crippen LogP contribution >= 0.6 is 11.8 Å². The van der Waals surface area contributed by atoms with Gasteiger partial charge in [0.25, 0.3) is 0 Å². The van der Waals surface area contributed by atoms with E-state index in [1.54, 1.807) is 17.8 Å². The first-order valence-corrected chi connectivity index (χ1v) is 21.6. The number of amidine groups is 1. The Kier molecular flexibility index (Phi) is 12.1. The fourth-order valence-corrected chi connectivity index (χ4v) is 9.18. The van der Waals surface area contributed by atoms with Crippen LogP contribution in [0.4, 0.5) is 5.69 Å². The van der Waals surface area contributed by atoms with Crippen LogP contribution in [0.1, 0.15) is 37.8 Å². The van der Waals surface area contributed by atoms with Gasteiger partial charge in [0.1, 0.15) is 0 Å². The minimum Gasteiger partial charge on any atom is -0.309 e. The molecule has 61 heavy (non-hydrogen) atoms. The van der Waals surface area contributed by atoms with Crippen molar-refractivity contribution in [1.82, 2.24) is 4.57 Å². The van der Waals surface area contributed by atoms with E-state index in [2.05, 4.69) is 177 Å². The van der Waals surface area contributed by atoms with Crippen molar-refractivity contribution >= 4 is 61.6 Å². The fourth-order valence-electron chi connectivity index (χ4n) is 8.17. The highest BCUT2D eigenvalue weighted by Gasteiger charge is 2.25. The van der Waals surface area contributed by atoms with Crippen molar-refractivity contribution in [2.24, 2.45) is 9.98 Å². The Bertz CT molecular complexity index is 3010. The number of nitrogens with zero attached hydrogens (tertiary/aromatic N) is 4. The van der Waals surface area contributed by atoms with Crippen molar-refractivity contribution in [1.29, 1.82) is 0 Å².